The van der Waals surface area contributed by atoms with Gasteiger partial charge in [-0.25, -0.2) is 0 Å². The lowest BCUT2D eigenvalue weighted by Crippen LogP contribution is -2.58. The van der Waals surface area contributed by atoms with Crippen molar-refractivity contribution in [3.63, 3.8) is 0 Å². The molecule has 4 nitrogen and oxygen atoms in total. The van der Waals surface area contributed by atoms with Crippen molar-refractivity contribution < 1.29 is 0 Å². The molecule has 4 heteroatoms. The van der Waals surface area contributed by atoms with Crippen LogP contribution in [0.4, 0.5) is 0 Å². The van der Waals surface area contributed by atoms with Crippen molar-refractivity contribution in [2.75, 3.05) is 13.1 Å². The highest BCUT2D eigenvalue weighted by Crippen LogP contribution is 2.24. The monoisotopic (exact) mass is 280 g/mol. The highest BCUT2D eigenvalue weighted by molar-refractivity contribution is 5.06. The summed E-state index contributed by atoms with van der Waals surface area (Å²) in [6.45, 7) is 15.3. The lowest BCUT2D eigenvalue weighted by molar-refractivity contribution is 0.0841. The van der Waals surface area contributed by atoms with Crippen molar-refractivity contribution in [2.24, 2.45) is 5.73 Å². The number of rotatable bonds is 8. The lowest BCUT2D eigenvalue weighted by atomic mass is 9.85. The van der Waals surface area contributed by atoms with E-state index in [1.54, 1.807) is 0 Å². The summed E-state index contributed by atoms with van der Waals surface area (Å²) >= 11 is 0. The Morgan fingerprint density at radius 1 is 1.30 bits per heavy atom. The van der Waals surface area contributed by atoms with Crippen molar-refractivity contribution in [2.45, 2.75) is 72.0 Å². The second kappa shape index (κ2) is 7.23. The minimum absolute atomic E-state index is 0.0328. The molecule has 0 aliphatic heterocycles. The highest BCUT2D eigenvalue weighted by atomic mass is 15.3. The number of nitrogens with two attached hydrogens (primary N) is 1. The Balaban J connectivity index is 2.83. The van der Waals surface area contributed by atoms with Gasteiger partial charge in [-0.2, -0.15) is 5.10 Å². The molecule has 2 atom stereocenters. The van der Waals surface area contributed by atoms with Crippen LogP contribution in [0.5, 0.6) is 0 Å². The molecule has 0 bridgehead atoms. The maximum absolute atomic E-state index is 6.54. The quantitative estimate of drug-likeness (QED) is 0.796. The molecule has 1 rings (SSSR count). The average molecular weight is 280 g/mol. The maximum Gasteiger partial charge on any atom is 0.0640 e. The van der Waals surface area contributed by atoms with Crippen molar-refractivity contribution in [3.05, 3.63) is 18.0 Å². The van der Waals surface area contributed by atoms with Gasteiger partial charge in [0.05, 0.1) is 5.69 Å². The summed E-state index contributed by atoms with van der Waals surface area (Å²) in [5, 5.41) is 4.63. The zero-order chi connectivity index (χ0) is 15.3. The number of nitrogens with zero attached hydrogens (tertiary/aromatic N) is 3. The summed E-state index contributed by atoms with van der Waals surface area (Å²) in [6.07, 6.45) is 3.94. The molecule has 0 aliphatic carbocycles. The predicted octanol–water partition coefficient (Wildman–Crippen LogP) is 2.84. The van der Waals surface area contributed by atoms with Crippen molar-refractivity contribution in [1.82, 2.24) is 14.7 Å². The third kappa shape index (κ3) is 3.61. The summed E-state index contributed by atoms with van der Waals surface area (Å²) in [6, 6.07) is 2.60. The van der Waals surface area contributed by atoms with E-state index in [9.17, 15) is 0 Å². The maximum atomic E-state index is 6.54. The normalized spacial score (nSPS) is 16.6. The van der Waals surface area contributed by atoms with Gasteiger partial charge in [0, 0.05) is 30.2 Å². The summed E-state index contributed by atoms with van der Waals surface area (Å²) < 4.78 is 2.00. The standard InChI is InChI=1S/C16H32N4/c1-7-16(6,19(8-2)9-3)15(17)12-14-10-11-20(18-14)13(4)5/h10-11,13,15H,7-9,12,17H2,1-6H3. The molecule has 1 heterocycles. The van der Waals surface area contributed by atoms with Crippen molar-refractivity contribution >= 4 is 0 Å². The predicted molar refractivity (Wildman–Crippen MR) is 85.9 cm³/mol. The van der Waals surface area contributed by atoms with Gasteiger partial charge in [0.25, 0.3) is 0 Å². The van der Waals surface area contributed by atoms with E-state index in [0.717, 1.165) is 31.6 Å². The van der Waals surface area contributed by atoms with Gasteiger partial charge < -0.3 is 5.73 Å². The molecule has 20 heavy (non-hydrogen) atoms. The van der Waals surface area contributed by atoms with Gasteiger partial charge in [-0.1, -0.05) is 20.8 Å². The number of aromatic nitrogens is 2. The van der Waals surface area contributed by atoms with E-state index in [1.165, 1.54) is 0 Å². The van der Waals surface area contributed by atoms with Crippen molar-refractivity contribution in [1.29, 1.82) is 0 Å². The Morgan fingerprint density at radius 3 is 2.30 bits per heavy atom. The Bertz CT molecular complexity index is 395. The topological polar surface area (TPSA) is 47.1 Å². The van der Waals surface area contributed by atoms with Crippen LogP contribution in [0.2, 0.25) is 0 Å². The summed E-state index contributed by atoms with van der Waals surface area (Å²) in [5.41, 5.74) is 7.67. The van der Waals surface area contributed by atoms with Crippen LogP contribution in [0.25, 0.3) is 0 Å². The molecule has 0 radical (unpaired) electrons. The molecule has 1 aromatic rings. The van der Waals surface area contributed by atoms with Gasteiger partial charge in [-0.05, 0) is 46.3 Å². The van der Waals surface area contributed by atoms with Crippen LogP contribution in [-0.4, -0.2) is 39.4 Å². The summed E-state index contributed by atoms with van der Waals surface area (Å²) in [4.78, 5) is 2.47. The van der Waals surface area contributed by atoms with E-state index in [2.05, 4.69) is 57.6 Å². The molecule has 2 unspecified atom stereocenters. The number of likely N-dealkylation sites (N-methyl/N-ethyl adjacent to an activating group) is 1. The van der Waals surface area contributed by atoms with Gasteiger partial charge in [0.2, 0.25) is 0 Å². The molecular weight excluding hydrogens is 248 g/mol. The first-order valence-corrected chi connectivity index (χ1v) is 7.93. The van der Waals surface area contributed by atoms with Gasteiger partial charge in [0.1, 0.15) is 0 Å². The third-order valence-electron chi connectivity index (χ3n) is 4.62. The fraction of sp³-hybridized carbons (Fsp3) is 0.812. The highest BCUT2D eigenvalue weighted by Gasteiger charge is 2.34. The van der Waals surface area contributed by atoms with Gasteiger partial charge in [-0.3, -0.25) is 9.58 Å². The van der Waals surface area contributed by atoms with E-state index in [-0.39, 0.29) is 11.6 Å². The van der Waals surface area contributed by atoms with Crippen LogP contribution >= 0.6 is 0 Å². The van der Waals surface area contributed by atoms with Crippen molar-refractivity contribution in [3.8, 4) is 0 Å². The molecule has 1 aromatic heterocycles. The van der Waals surface area contributed by atoms with Gasteiger partial charge in [0.15, 0.2) is 0 Å². The molecule has 0 fully saturated rings. The smallest absolute Gasteiger partial charge is 0.0640 e. The molecule has 0 saturated carbocycles. The van der Waals surface area contributed by atoms with E-state index >= 15 is 0 Å². The second-order valence-corrected chi connectivity index (χ2v) is 6.07. The van der Waals surface area contributed by atoms with Crippen LogP contribution < -0.4 is 5.73 Å². The number of hydrogen-bond donors (Lipinski definition) is 1. The third-order valence-corrected chi connectivity index (χ3v) is 4.62. The Kier molecular flexibility index (Phi) is 6.21. The van der Waals surface area contributed by atoms with E-state index in [4.69, 9.17) is 5.73 Å². The Labute approximate surface area is 124 Å². The lowest BCUT2D eigenvalue weighted by Gasteiger charge is -2.44. The molecule has 116 valence electrons. The molecule has 2 N–H and O–H groups in total. The molecule has 0 aliphatic rings. The summed E-state index contributed by atoms with van der Waals surface area (Å²) in [7, 11) is 0. The zero-order valence-corrected chi connectivity index (χ0v) is 14.1. The van der Waals surface area contributed by atoms with Crippen LogP contribution in [0.3, 0.4) is 0 Å². The SMILES string of the molecule is CCN(CC)C(C)(CC)C(N)Cc1ccn(C(C)C)n1. The van der Waals surface area contributed by atoms with E-state index in [0.29, 0.717) is 6.04 Å². The summed E-state index contributed by atoms with van der Waals surface area (Å²) in [5.74, 6) is 0. The average Bonchev–Trinajstić information content (AvgIpc) is 2.88. The first kappa shape index (κ1) is 17.2. The zero-order valence-electron chi connectivity index (χ0n) is 14.1. The molecule has 0 spiro atoms. The van der Waals surface area contributed by atoms with E-state index < -0.39 is 0 Å². The number of hydrogen-bond acceptors (Lipinski definition) is 3. The molecule has 0 aromatic carbocycles. The first-order valence-electron chi connectivity index (χ1n) is 7.93. The van der Waals surface area contributed by atoms with Crippen LogP contribution in [0.1, 0.15) is 59.7 Å². The Morgan fingerprint density at radius 2 is 1.90 bits per heavy atom. The minimum Gasteiger partial charge on any atom is -0.326 e. The van der Waals surface area contributed by atoms with E-state index in [1.807, 2.05) is 10.9 Å². The molecule has 0 saturated heterocycles. The largest absolute Gasteiger partial charge is 0.326 e. The van der Waals surface area contributed by atoms with Gasteiger partial charge >= 0.3 is 0 Å². The molecule has 0 amide bonds. The second-order valence-electron chi connectivity index (χ2n) is 6.07. The van der Waals surface area contributed by atoms with Crippen LogP contribution in [-0.2, 0) is 6.42 Å². The van der Waals surface area contributed by atoms with Crippen LogP contribution in [0, 0.1) is 0 Å². The Hall–Kier alpha value is -0.870. The van der Waals surface area contributed by atoms with Gasteiger partial charge in [-0.15, -0.1) is 0 Å². The first-order chi connectivity index (χ1) is 9.38. The fourth-order valence-electron chi connectivity index (χ4n) is 2.89. The molecular formula is C16H32N4. The van der Waals surface area contributed by atoms with Crippen LogP contribution in [0.15, 0.2) is 12.3 Å². The minimum atomic E-state index is 0.0328. The fourth-order valence-corrected chi connectivity index (χ4v) is 2.89.